The minimum Gasteiger partial charge on any atom is -0.381 e. The van der Waals surface area contributed by atoms with Crippen LogP contribution in [0.25, 0.3) is 0 Å². The fourth-order valence-corrected chi connectivity index (χ4v) is 2.67. The summed E-state index contributed by atoms with van der Waals surface area (Å²) in [5, 5.41) is 3.33. The second-order valence-electron chi connectivity index (χ2n) is 5.51. The summed E-state index contributed by atoms with van der Waals surface area (Å²) in [6, 6.07) is 0.432. The molecule has 0 spiro atoms. The third-order valence-corrected chi connectivity index (χ3v) is 3.66. The number of hydrogen-bond donors (Lipinski definition) is 1. The molecule has 0 radical (unpaired) electrons. The second kappa shape index (κ2) is 5.83. The molecule has 2 atom stereocenters. The van der Waals surface area contributed by atoms with Gasteiger partial charge < -0.3 is 15.0 Å². The third kappa shape index (κ3) is 3.42. The van der Waals surface area contributed by atoms with Crippen LogP contribution in [0, 0.1) is 5.92 Å². The van der Waals surface area contributed by atoms with E-state index in [9.17, 15) is 4.79 Å². The molecular weight excluding hydrogens is 216 g/mol. The van der Waals surface area contributed by atoms with E-state index in [0.29, 0.717) is 12.0 Å². The molecule has 4 heteroatoms. The quantitative estimate of drug-likeness (QED) is 0.780. The minimum absolute atomic E-state index is 0.0508. The summed E-state index contributed by atoms with van der Waals surface area (Å²) < 4.78 is 5.36. The van der Waals surface area contributed by atoms with E-state index in [-0.39, 0.29) is 11.9 Å². The van der Waals surface area contributed by atoms with Gasteiger partial charge in [-0.25, -0.2) is 0 Å². The van der Waals surface area contributed by atoms with Crippen molar-refractivity contribution in [1.29, 1.82) is 0 Å². The first-order chi connectivity index (χ1) is 8.16. The maximum Gasteiger partial charge on any atom is 0.239 e. The standard InChI is InChI=1S/C13H24N2O2/c1-10(2)14-12-4-7-15(13(12)16)6-3-11-5-8-17-9-11/h10-12,14H,3-9H2,1-2H3. The zero-order valence-electron chi connectivity index (χ0n) is 10.9. The summed E-state index contributed by atoms with van der Waals surface area (Å²) in [4.78, 5) is 14.1. The molecule has 0 bridgehead atoms. The van der Waals surface area contributed by atoms with E-state index in [1.54, 1.807) is 0 Å². The third-order valence-electron chi connectivity index (χ3n) is 3.66. The van der Waals surface area contributed by atoms with E-state index in [1.165, 1.54) is 0 Å². The number of nitrogens with zero attached hydrogens (tertiary/aromatic N) is 1. The molecule has 2 saturated heterocycles. The highest BCUT2D eigenvalue weighted by Crippen LogP contribution is 2.19. The zero-order valence-corrected chi connectivity index (χ0v) is 10.9. The van der Waals surface area contributed by atoms with Gasteiger partial charge in [0, 0.05) is 32.3 Å². The Morgan fingerprint density at radius 3 is 2.94 bits per heavy atom. The lowest BCUT2D eigenvalue weighted by Crippen LogP contribution is -2.41. The Kier molecular flexibility index (Phi) is 4.40. The fourth-order valence-electron chi connectivity index (χ4n) is 2.67. The minimum atomic E-state index is 0.0508. The number of likely N-dealkylation sites (tertiary alicyclic amines) is 1. The normalized spacial score (nSPS) is 29.6. The summed E-state index contributed by atoms with van der Waals surface area (Å²) in [5.74, 6) is 0.956. The molecule has 0 aliphatic carbocycles. The van der Waals surface area contributed by atoms with E-state index in [1.807, 2.05) is 4.90 Å². The van der Waals surface area contributed by atoms with Gasteiger partial charge in [-0.2, -0.15) is 0 Å². The molecule has 2 aliphatic rings. The van der Waals surface area contributed by atoms with Gasteiger partial charge in [0.25, 0.3) is 0 Å². The van der Waals surface area contributed by atoms with Crippen LogP contribution >= 0.6 is 0 Å². The van der Waals surface area contributed by atoms with Crippen molar-refractivity contribution in [2.75, 3.05) is 26.3 Å². The number of amides is 1. The first-order valence-corrected chi connectivity index (χ1v) is 6.79. The average Bonchev–Trinajstić information content (AvgIpc) is 2.88. The smallest absolute Gasteiger partial charge is 0.239 e. The highest BCUT2D eigenvalue weighted by Gasteiger charge is 2.31. The molecule has 2 heterocycles. The Labute approximate surface area is 104 Å². The molecule has 2 aliphatic heterocycles. The first kappa shape index (κ1) is 12.8. The Morgan fingerprint density at radius 2 is 2.29 bits per heavy atom. The van der Waals surface area contributed by atoms with Crippen LogP contribution in [0.15, 0.2) is 0 Å². The summed E-state index contributed by atoms with van der Waals surface area (Å²) in [5.41, 5.74) is 0. The molecule has 17 heavy (non-hydrogen) atoms. The van der Waals surface area contributed by atoms with Crippen LogP contribution < -0.4 is 5.32 Å². The number of carbonyl (C=O) groups is 1. The number of hydrogen-bond acceptors (Lipinski definition) is 3. The van der Waals surface area contributed by atoms with Crippen molar-refractivity contribution in [3.05, 3.63) is 0 Å². The predicted molar refractivity (Wildman–Crippen MR) is 66.8 cm³/mol. The lowest BCUT2D eigenvalue weighted by atomic mass is 10.1. The molecule has 1 N–H and O–H groups in total. The van der Waals surface area contributed by atoms with E-state index in [4.69, 9.17) is 4.74 Å². The topological polar surface area (TPSA) is 41.6 Å². The lowest BCUT2D eigenvalue weighted by molar-refractivity contribution is -0.129. The fraction of sp³-hybridized carbons (Fsp3) is 0.923. The second-order valence-corrected chi connectivity index (χ2v) is 5.51. The van der Waals surface area contributed by atoms with Gasteiger partial charge in [-0.15, -0.1) is 0 Å². The lowest BCUT2D eigenvalue weighted by Gasteiger charge is -2.19. The summed E-state index contributed by atoms with van der Waals surface area (Å²) >= 11 is 0. The van der Waals surface area contributed by atoms with Crippen LogP contribution in [-0.4, -0.2) is 49.2 Å². The molecule has 2 unspecified atom stereocenters. The van der Waals surface area contributed by atoms with Crippen LogP contribution in [0.4, 0.5) is 0 Å². The Bertz CT molecular complexity index is 262. The molecule has 0 saturated carbocycles. The van der Waals surface area contributed by atoms with Gasteiger partial charge in [-0.3, -0.25) is 4.79 Å². The highest BCUT2D eigenvalue weighted by molar-refractivity contribution is 5.83. The first-order valence-electron chi connectivity index (χ1n) is 6.79. The van der Waals surface area contributed by atoms with Gasteiger partial charge in [0.2, 0.25) is 5.91 Å². The largest absolute Gasteiger partial charge is 0.381 e. The van der Waals surface area contributed by atoms with Gasteiger partial charge in [-0.1, -0.05) is 13.8 Å². The van der Waals surface area contributed by atoms with Crippen LogP contribution in [0.3, 0.4) is 0 Å². The summed E-state index contributed by atoms with van der Waals surface area (Å²) in [6.45, 7) is 7.78. The van der Waals surface area contributed by atoms with Crippen molar-refractivity contribution in [3.63, 3.8) is 0 Å². The van der Waals surface area contributed by atoms with Crippen molar-refractivity contribution in [2.24, 2.45) is 5.92 Å². The summed E-state index contributed by atoms with van der Waals surface area (Å²) in [7, 11) is 0. The van der Waals surface area contributed by atoms with Crippen molar-refractivity contribution in [3.8, 4) is 0 Å². The maximum atomic E-state index is 12.1. The van der Waals surface area contributed by atoms with Crippen LogP contribution in [0.2, 0.25) is 0 Å². The maximum absolute atomic E-state index is 12.1. The zero-order chi connectivity index (χ0) is 12.3. The van der Waals surface area contributed by atoms with Crippen LogP contribution in [0.1, 0.15) is 33.1 Å². The Hall–Kier alpha value is -0.610. The van der Waals surface area contributed by atoms with Gasteiger partial charge in [-0.05, 0) is 25.2 Å². The predicted octanol–water partition coefficient (Wildman–Crippen LogP) is 1.01. The average molecular weight is 240 g/mol. The number of ether oxygens (including phenoxy) is 1. The van der Waals surface area contributed by atoms with Crippen molar-refractivity contribution in [2.45, 2.75) is 45.2 Å². The van der Waals surface area contributed by atoms with Gasteiger partial charge >= 0.3 is 0 Å². The number of nitrogens with one attached hydrogen (secondary N) is 1. The van der Waals surface area contributed by atoms with E-state index < -0.39 is 0 Å². The molecule has 98 valence electrons. The monoisotopic (exact) mass is 240 g/mol. The number of carbonyl (C=O) groups excluding carboxylic acids is 1. The molecule has 2 fully saturated rings. The van der Waals surface area contributed by atoms with E-state index in [0.717, 1.165) is 45.6 Å². The molecular formula is C13H24N2O2. The van der Waals surface area contributed by atoms with Crippen molar-refractivity contribution < 1.29 is 9.53 Å². The highest BCUT2D eigenvalue weighted by atomic mass is 16.5. The molecule has 2 rings (SSSR count). The van der Waals surface area contributed by atoms with Crippen LogP contribution in [-0.2, 0) is 9.53 Å². The van der Waals surface area contributed by atoms with Gasteiger partial charge in [0.15, 0.2) is 0 Å². The molecule has 1 amide bonds. The van der Waals surface area contributed by atoms with E-state index >= 15 is 0 Å². The SMILES string of the molecule is CC(C)NC1CCN(CCC2CCOC2)C1=O. The molecule has 0 aromatic rings. The Morgan fingerprint density at radius 1 is 1.47 bits per heavy atom. The van der Waals surface area contributed by atoms with Crippen molar-refractivity contribution >= 4 is 5.91 Å². The van der Waals surface area contributed by atoms with Gasteiger partial charge in [0.05, 0.1) is 6.04 Å². The molecule has 4 nitrogen and oxygen atoms in total. The Balaban J connectivity index is 1.73. The van der Waals surface area contributed by atoms with Crippen LogP contribution in [0.5, 0.6) is 0 Å². The number of rotatable bonds is 5. The summed E-state index contributed by atoms with van der Waals surface area (Å²) in [6.07, 6.45) is 3.22. The molecule has 0 aromatic heterocycles. The van der Waals surface area contributed by atoms with Crippen molar-refractivity contribution in [1.82, 2.24) is 10.2 Å². The van der Waals surface area contributed by atoms with Gasteiger partial charge in [0.1, 0.15) is 0 Å². The van der Waals surface area contributed by atoms with E-state index in [2.05, 4.69) is 19.2 Å². The molecule has 0 aromatic carbocycles.